The molecule has 2 fully saturated rings. The van der Waals surface area contributed by atoms with Crippen molar-refractivity contribution in [3.63, 3.8) is 0 Å². The van der Waals surface area contributed by atoms with E-state index < -0.39 is 5.60 Å². The van der Waals surface area contributed by atoms with Crippen LogP contribution in [-0.2, 0) is 4.79 Å². The number of hydrogen-bond acceptors (Lipinski definition) is 4. The molecular formula is C17H20N4O2. The van der Waals surface area contributed by atoms with Crippen LogP contribution >= 0.6 is 0 Å². The number of aliphatic hydroxyl groups is 1. The van der Waals surface area contributed by atoms with Crippen molar-refractivity contribution in [2.45, 2.75) is 50.0 Å². The molecule has 2 aromatic rings. The molecule has 1 heterocycles. The first-order valence-electron chi connectivity index (χ1n) is 8.21. The van der Waals surface area contributed by atoms with Gasteiger partial charge in [-0.05, 0) is 50.7 Å². The van der Waals surface area contributed by atoms with Gasteiger partial charge < -0.3 is 10.4 Å². The summed E-state index contributed by atoms with van der Waals surface area (Å²) in [6, 6.07) is 7.43. The number of rotatable bonds is 4. The van der Waals surface area contributed by atoms with E-state index in [0.29, 0.717) is 30.3 Å². The summed E-state index contributed by atoms with van der Waals surface area (Å²) in [5.41, 5.74) is 0.287. The van der Waals surface area contributed by atoms with Crippen molar-refractivity contribution in [1.82, 2.24) is 15.2 Å². The van der Waals surface area contributed by atoms with E-state index in [-0.39, 0.29) is 5.91 Å². The summed E-state index contributed by atoms with van der Waals surface area (Å²) in [5, 5.41) is 20.4. The Morgan fingerprint density at radius 3 is 2.83 bits per heavy atom. The average Bonchev–Trinajstić information content (AvgIpc) is 3.10. The monoisotopic (exact) mass is 312 g/mol. The fourth-order valence-electron chi connectivity index (χ4n) is 3.11. The van der Waals surface area contributed by atoms with E-state index in [1.165, 1.54) is 12.8 Å². The van der Waals surface area contributed by atoms with Crippen molar-refractivity contribution in [3.8, 4) is 11.4 Å². The normalized spacial score (nSPS) is 19.7. The molecule has 0 unspecified atom stereocenters. The molecular weight excluding hydrogens is 292 g/mol. The summed E-state index contributed by atoms with van der Waals surface area (Å²) in [4.78, 5) is 16.8. The van der Waals surface area contributed by atoms with Gasteiger partial charge in [0, 0.05) is 17.2 Å². The van der Waals surface area contributed by atoms with Crippen LogP contribution < -0.4 is 5.32 Å². The lowest BCUT2D eigenvalue weighted by Crippen LogP contribution is -2.40. The molecule has 2 aliphatic carbocycles. The first-order valence-corrected chi connectivity index (χ1v) is 8.21. The maximum atomic E-state index is 12.3. The largest absolute Gasteiger partial charge is 0.380 e. The van der Waals surface area contributed by atoms with Gasteiger partial charge in [0.05, 0.1) is 0 Å². The number of H-pyrrole nitrogens is 1. The molecule has 0 radical (unpaired) electrons. The number of aromatic amines is 1. The Labute approximate surface area is 134 Å². The number of carbonyl (C=O) groups excluding carboxylic acids is 1. The number of hydrogen-bond donors (Lipinski definition) is 3. The van der Waals surface area contributed by atoms with E-state index in [1.807, 2.05) is 24.3 Å². The van der Waals surface area contributed by atoms with Crippen LogP contribution in [0.2, 0.25) is 0 Å². The van der Waals surface area contributed by atoms with Gasteiger partial charge >= 0.3 is 0 Å². The maximum Gasteiger partial charge on any atom is 0.256 e. The van der Waals surface area contributed by atoms with Crippen LogP contribution in [0.15, 0.2) is 24.3 Å². The molecule has 0 atom stereocenters. The van der Waals surface area contributed by atoms with Crippen molar-refractivity contribution in [2.24, 2.45) is 0 Å². The predicted octanol–water partition coefficient (Wildman–Crippen LogP) is 2.59. The molecule has 1 aromatic carbocycles. The highest BCUT2D eigenvalue weighted by Gasteiger charge is 2.38. The van der Waals surface area contributed by atoms with E-state index in [1.54, 1.807) is 0 Å². The van der Waals surface area contributed by atoms with Gasteiger partial charge in [-0.15, -0.1) is 0 Å². The Hall–Kier alpha value is -2.21. The summed E-state index contributed by atoms with van der Waals surface area (Å²) in [7, 11) is 0. The van der Waals surface area contributed by atoms with Gasteiger partial charge in [0.1, 0.15) is 11.4 Å². The van der Waals surface area contributed by atoms with Gasteiger partial charge in [-0.25, -0.2) is 4.98 Å². The van der Waals surface area contributed by atoms with Gasteiger partial charge in [0.15, 0.2) is 5.82 Å². The molecule has 6 nitrogen and oxygen atoms in total. The fraction of sp³-hybridized carbons (Fsp3) is 0.471. The molecule has 4 rings (SSSR count). The van der Waals surface area contributed by atoms with Crippen LogP contribution in [0.25, 0.3) is 11.4 Å². The SMILES string of the molecule is O=C(Nc1cccc(-c2n[nH]c(C3CC3)n2)c1)C1(O)CCCC1. The third-order valence-corrected chi connectivity index (χ3v) is 4.70. The Bertz CT molecular complexity index is 730. The van der Waals surface area contributed by atoms with Crippen molar-refractivity contribution in [1.29, 1.82) is 0 Å². The van der Waals surface area contributed by atoms with Crippen LogP contribution in [-0.4, -0.2) is 31.8 Å². The molecule has 3 N–H and O–H groups in total. The Morgan fingerprint density at radius 1 is 1.30 bits per heavy atom. The number of amides is 1. The first-order chi connectivity index (χ1) is 11.1. The molecule has 1 aromatic heterocycles. The average molecular weight is 312 g/mol. The van der Waals surface area contributed by atoms with E-state index in [9.17, 15) is 9.90 Å². The number of anilines is 1. The van der Waals surface area contributed by atoms with Gasteiger partial charge in [-0.1, -0.05) is 12.1 Å². The lowest BCUT2D eigenvalue weighted by molar-refractivity contribution is -0.133. The van der Waals surface area contributed by atoms with Gasteiger partial charge in [0.25, 0.3) is 5.91 Å². The standard InChI is InChI=1S/C17H20N4O2/c22-16(17(23)8-1-2-9-17)18-13-5-3-4-12(10-13)15-19-14(20-21-15)11-6-7-11/h3-5,10-11,23H,1-2,6-9H2,(H,18,22)(H,19,20,21). The Balaban J connectivity index is 1.52. The zero-order valence-corrected chi connectivity index (χ0v) is 12.9. The van der Waals surface area contributed by atoms with Crippen molar-refractivity contribution < 1.29 is 9.90 Å². The van der Waals surface area contributed by atoms with Crippen molar-refractivity contribution in [2.75, 3.05) is 5.32 Å². The summed E-state index contributed by atoms with van der Waals surface area (Å²) in [5.74, 6) is 1.79. The first kappa shape index (κ1) is 14.4. The second kappa shape index (κ2) is 5.45. The van der Waals surface area contributed by atoms with E-state index in [2.05, 4.69) is 20.5 Å². The van der Waals surface area contributed by atoms with Gasteiger partial charge in [0.2, 0.25) is 0 Å². The van der Waals surface area contributed by atoms with Crippen LogP contribution in [0.1, 0.15) is 50.3 Å². The maximum absolute atomic E-state index is 12.3. The summed E-state index contributed by atoms with van der Waals surface area (Å²) in [6.45, 7) is 0. The molecule has 1 amide bonds. The lowest BCUT2D eigenvalue weighted by atomic mass is 10.0. The second-order valence-electron chi connectivity index (χ2n) is 6.59. The van der Waals surface area contributed by atoms with Crippen LogP contribution in [0, 0.1) is 0 Å². The fourth-order valence-corrected chi connectivity index (χ4v) is 3.11. The van der Waals surface area contributed by atoms with Gasteiger partial charge in [-0.3, -0.25) is 9.89 Å². The molecule has 0 bridgehead atoms. The van der Waals surface area contributed by atoms with Crippen LogP contribution in [0.3, 0.4) is 0 Å². The van der Waals surface area contributed by atoms with Crippen LogP contribution in [0.4, 0.5) is 5.69 Å². The highest BCUT2D eigenvalue weighted by Crippen LogP contribution is 2.38. The van der Waals surface area contributed by atoms with Crippen LogP contribution in [0.5, 0.6) is 0 Å². The van der Waals surface area contributed by atoms with E-state index >= 15 is 0 Å². The molecule has 0 spiro atoms. The third kappa shape index (κ3) is 2.86. The Kier molecular flexibility index (Phi) is 3.41. The zero-order chi connectivity index (χ0) is 15.9. The molecule has 2 aliphatic rings. The highest BCUT2D eigenvalue weighted by molar-refractivity contribution is 5.97. The minimum absolute atomic E-state index is 0.319. The highest BCUT2D eigenvalue weighted by atomic mass is 16.3. The minimum Gasteiger partial charge on any atom is -0.380 e. The molecule has 2 saturated carbocycles. The smallest absolute Gasteiger partial charge is 0.256 e. The summed E-state index contributed by atoms with van der Waals surface area (Å²) in [6.07, 6.45) is 5.19. The topological polar surface area (TPSA) is 90.9 Å². The molecule has 0 aliphatic heterocycles. The summed E-state index contributed by atoms with van der Waals surface area (Å²) >= 11 is 0. The zero-order valence-electron chi connectivity index (χ0n) is 12.9. The Morgan fingerprint density at radius 2 is 2.09 bits per heavy atom. The number of benzene rings is 1. The number of carbonyl (C=O) groups is 1. The minimum atomic E-state index is -1.22. The predicted molar refractivity (Wildman–Crippen MR) is 85.8 cm³/mol. The number of nitrogens with zero attached hydrogens (tertiary/aromatic N) is 2. The second-order valence-corrected chi connectivity index (χ2v) is 6.59. The molecule has 6 heteroatoms. The quantitative estimate of drug-likeness (QED) is 0.809. The van der Waals surface area contributed by atoms with Gasteiger partial charge in [-0.2, -0.15) is 5.10 Å². The third-order valence-electron chi connectivity index (χ3n) is 4.70. The molecule has 120 valence electrons. The van der Waals surface area contributed by atoms with E-state index in [0.717, 1.165) is 24.2 Å². The molecule has 23 heavy (non-hydrogen) atoms. The number of nitrogens with one attached hydrogen (secondary N) is 2. The lowest BCUT2D eigenvalue weighted by Gasteiger charge is -2.21. The molecule has 0 saturated heterocycles. The summed E-state index contributed by atoms with van der Waals surface area (Å²) < 4.78 is 0. The van der Waals surface area contributed by atoms with Crippen molar-refractivity contribution >= 4 is 11.6 Å². The number of aromatic nitrogens is 3. The van der Waals surface area contributed by atoms with Crippen molar-refractivity contribution in [3.05, 3.63) is 30.1 Å². The van der Waals surface area contributed by atoms with E-state index in [4.69, 9.17) is 0 Å².